The summed E-state index contributed by atoms with van der Waals surface area (Å²) in [5.41, 5.74) is -0.760. The van der Waals surface area contributed by atoms with Crippen molar-refractivity contribution in [3.8, 4) is 5.75 Å². The second-order valence-corrected chi connectivity index (χ2v) is 10.7. The summed E-state index contributed by atoms with van der Waals surface area (Å²) in [4.78, 5) is 38.3. The Labute approximate surface area is 228 Å². The lowest BCUT2D eigenvalue weighted by Gasteiger charge is -2.25. The number of alkyl halides is 1. The summed E-state index contributed by atoms with van der Waals surface area (Å²) >= 11 is 0. The molecule has 0 unspecified atom stereocenters. The molecule has 12 nitrogen and oxygen atoms in total. The summed E-state index contributed by atoms with van der Waals surface area (Å²) in [6.45, 7) is -0.184. The van der Waals surface area contributed by atoms with Gasteiger partial charge in [-0.1, -0.05) is 48.5 Å². The number of hydrogen-bond donors (Lipinski definition) is 3. The minimum absolute atomic E-state index is 0.00607. The highest BCUT2D eigenvalue weighted by Crippen LogP contribution is 2.46. The van der Waals surface area contributed by atoms with E-state index in [9.17, 15) is 28.4 Å². The van der Waals surface area contributed by atoms with Gasteiger partial charge in [0.25, 0.3) is 5.56 Å². The van der Waals surface area contributed by atoms with Crippen LogP contribution < -0.4 is 20.9 Å². The molecule has 0 saturated carbocycles. The van der Waals surface area contributed by atoms with Gasteiger partial charge in [0.05, 0.1) is 19.4 Å². The predicted octanol–water partition coefficient (Wildman–Crippen LogP) is 2.31. The number of carbonyl (C=O) groups excluding carboxylic acids is 1. The average molecular weight is 578 g/mol. The molecule has 214 valence electrons. The molecule has 3 aromatic rings. The van der Waals surface area contributed by atoms with E-state index in [2.05, 4.69) is 5.09 Å². The molecule has 4 rings (SSSR count). The SMILES string of the molecule is C[C@H](N[P@@](=O)(OC[C@H]1O[C@@H](n2ccc(=O)[nH]c2=O)[C@H](O)[C@@H]1CF)Oc1ccccc1)C(=O)OCc1ccccc1. The first-order chi connectivity index (χ1) is 19.2. The maximum absolute atomic E-state index is 13.9. The van der Waals surface area contributed by atoms with Crippen molar-refractivity contribution in [2.75, 3.05) is 13.3 Å². The van der Waals surface area contributed by atoms with Crippen LogP contribution in [0.4, 0.5) is 4.39 Å². The summed E-state index contributed by atoms with van der Waals surface area (Å²) in [5.74, 6) is -1.73. The van der Waals surface area contributed by atoms with Crippen molar-refractivity contribution < 1.29 is 37.4 Å². The van der Waals surface area contributed by atoms with Crippen LogP contribution in [0, 0.1) is 5.92 Å². The van der Waals surface area contributed by atoms with Crippen molar-refractivity contribution in [1.82, 2.24) is 14.6 Å². The quantitative estimate of drug-likeness (QED) is 0.215. The Hall–Kier alpha value is -3.61. The van der Waals surface area contributed by atoms with Crippen LogP contribution in [0.2, 0.25) is 0 Å². The number of nitrogens with zero attached hydrogens (tertiary/aromatic N) is 1. The Morgan fingerprint density at radius 2 is 1.82 bits per heavy atom. The van der Waals surface area contributed by atoms with Gasteiger partial charge in [-0.25, -0.2) is 9.36 Å². The Balaban J connectivity index is 1.47. The molecule has 0 aliphatic carbocycles. The van der Waals surface area contributed by atoms with E-state index >= 15 is 0 Å². The number of aromatic amines is 1. The lowest BCUT2D eigenvalue weighted by atomic mass is 10.00. The van der Waals surface area contributed by atoms with Gasteiger partial charge in [-0.15, -0.1) is 0 Å². The van der Waals surface area contributed by atoms with E-state index in [1.807, 2.05) is 11.1 Å². The molecule has 0 radical (unpaired) electrons. The normalized spacial score (nSPS) is 22.8. The van der Waals surface area contributed by atoms with E-state index in [0.717, 1.165) is 22.4 Å². The third-order valence-corrected chi connectivity index (χ3v) is 7.78. The van der Waals surface area contributed by atoms with Gasteiger partial charge in [-0.05, 0) is 24.6 Å². The lowest BCUT2D eigenvalue weighted by Crippen LogP contribution is -2.36. The Kier molecular flexibility index (Phi) is 9.67. The summed E-state index contributed by atoms with van der Waals surface area (Å²) < 4.78 is 50.8. The second kappa shape index (κ2) is 13.2. The van der Waals surface area contributed by atoms with Crippen LogP contribution in [0.5, 0.6) is 5.75 Å². The zero-order chi connectivity index (χ0) is 28.7. The van der Waals surface area contributed by atoms with Gasteiger partial charge < -0.3 is 19.1 Å². The molecule has 1 saturated heterocycles. The maximum Gasteiger partial charge on any atom is 0.459 e. The summed E-state index contributed by atoms with van der Waals surface area (Å²) in [6.07, 6.45) is -2.88. The van der Waals surface area contributed by atoms with Gasteiger partial charge in [-0.3, -0.25) is 28.1 Å². The zero-order valence-corrected chi connectivity index (χ0v) is 22.3. The fourth-order valence-electron chi connectivity index (χ4n) is 4.03. The molecule has 1 aromatic heterocycles. The number of ether oxygens (including phenoxy) is 2. The van der Waals surface area contributed by atoms with Crippen molar-refractivity contribution in [3.63, 3.8) is 0 Å². The van der Waals surface area contributed by atoms with E-state index in [1.54, 1.807) is 42.5 Å². The fourth-order valence-corrected chi connectivity index (χ4v) is 5.53. The predicted molar refractivity (Wildman–Crippen MR) is 140 cm³/mol. The van der Waals surface area contributed by atoms with Crippen LogP contribution >= 0.6 is 7.75 Å². The largest absolute Gasteiger partial charge is 0.460 e. The number of esters is 1. The molecule has 2 aromatic carbocycles. The third-order valence-electron chi connectivity index (χ3n) is 6.13. The Morgan fingerprint density at radius 3 is 2.48 bits per heavy atom. The van der Waals surface area contributed by atoms with Gasteiger partial charge in [0.15, 0.2) is 6.23 Å². The molecule has 0 amide bonds. The van der Waals surface area contributed by atoms with Gasteiger partial charge in [0.2, 0.25) is 0 Å². The average Bonchev–Trinajstić information content (AvgIpc) is 3.26. The number of rotatable bonds is 12. The molecule has 2 heterocycles. The van der Waals surface area contributed by atoms with E-state index in [4.69, 9.17) is 18.5 Å². The van der Waals surface area contributed by atoms with Gasteiger partial charge in [-0.2, -0.15) is 5.09 Å². The van der Waals surface area contributed by atoms with Crippen LogP contribution in [0.1, 0.15) is 18.7 Å². The highest BCUT2D eigenvalue weighted by molar-refractivity contribution is 7.52. The maximum atomic E-state index is 13.9. The molecule has 6 atom stereocenters. The number of aliphatic hydroxyl groups excluding tert-OH is 1. The number of hydrogen-bond acceptors (Lipinski definition) is 9. The first-order valence-electron chi connectivity index (χ1n) is 12.4. The molecular formula is C26H29FN3O9P. The Bertz CT molecular complexity index is 1440. The first kappa shape index (κ1) is 29.4. The molecular weight excluding hydrogens is 548 g/mol. The zero-order valence-electron chi connectivity index (χ0n) is 21.4. The molecule has 40 heavy (non-hydrogen) atoms. The molecule has 1 fully saturated rings. The van der Waals surface area contributed by atoms with E-state index in [-0.39, 0.29) is 12.4 Å². The monoisotopic (exact) mass is 577 g/mol. The number of aliphatic hydroxyl groups is 1. The third kappa shape index (κ3) is 7.32. The highest BCUT2D eigenvalue weighted by atomic mass is 31.2. The standard InChI is InChI=1S/C26H29FN3O9P/c1-17(25(33)36-15-18-8-4-2-5-9-18)29-40(35,39-19-10-6-3-7-11-19)37-16-21-20(14-27)23(32)24(38-21)30-13-12-22(31)28-26(30)34/h2-13,17,20-21,23-24,32H,14-16H2,1H3,(H,29,35)(H,28,31,34)/t17-,20+,21+,23+,24+,40+/m0/s1. The topological polar surface area (TPSA) is 158 Å². The number of H-pyrrole nitrogens is 1. The Morgan fingerprint density at radius 1 is 1.15 bits per heavy atom. The smallest absolute Gasteiger partial charge is 0.459 e. The number of aromatic nitrogens is 2. The summed E-state index contributed by atoms with van der Waals surface area (Å²) in [7, 11) is -4.31. The minimum Gasteiger partial charge on any atom is -0.460 e. The van der Waals surface area contributed by atoms with Crippen molar-refractivity contribution >= 4 is 13.7 Å². The molecule has 0 bridgehead atoms. The summed E-state index contributed by atoms with van der Waals surface area (Å²) in [6, 6.07) is 16.9. The number of halogens is 1. The number of para-hydroxylation sites is 1. The highest BCUT2D eigenvalue weighted by Gasteiger charge is 2.46. The van der Waals surface area contributed by atoms with Gasteiger partial charge in [0, 0.05) is 18.2 Å². The van der Waals surface area contributed by atoms with Crippen molar-refractivity contribution in [2.45, 2.75) is 38.0 Å². The van der Waals surface area contributed by atoms with Gasteiger partial charge in [0.1, 0.15) is 24.5 Å². The van der Waals surface area contributed by atoms with Crippen LogP contribution in [0.3, 0.4) is 0 Å². The lowest BCUT2D eigenvalue weighted by molar-refractivity contribution is -0.146. The molecule has 14 heteroatoms. The fraction of sp³-hybridized carbons (Fsp3) is 0.346. The first-order valence-corrected chi connectivity index (χ1v) is 13.9. The van der Waals surface area contributed by atoms with Crippen molar-refractivity contribution in [1.29, 1.82) is 0 Å². The second-order valence-electron chi connectivity index (χ2n) is 9.03. The molecule has 1 aliphatic heterocycles. The van der Waals surface area contributed by atoms with Crippen LogP contribution in [0.15, 0.2) is 82.5 Å². The van der Waals surface area contributed by atoms with Gasteiger partial charge >= 0.3 is 19.4 Å². The number of nitrogens with one attached hydrogen (secondary N) is 2. The number of benzene rings is 2. The molecule has 1 aliphatic rings. The molecule has 3 N–H and O–H groups in total. The van der Waals surface area contributed by atoms with Crippen LogP contribution in [-0.2, 0) is 30.0 Å². The minimum atomic E-state index is -4.31. The number of carbonyl (C=O) groups is 1. The van der Waals surface area contributed by atoms with Crippen LogP contribution in [0.25, 0.3) is 0 Å². The van der Waals surface area contributed by atoms with E-state index < -0.39 is 68.6 Å². The van der Waals surface area contributed by atoms with E-state index in [0.29, 0.717) is 0 Å². The van der Waals surface area contributed by atoms with Crippen LogP contribution in [-0.4, -0.2) is 52.2 Å². The van der Waals surface area contributed by atoms with Crippen molar-refractivity contribution in [2.24, 2.45) is 5.92 Å². The van der Waals surface area contributed by atoms with Crippen molar-refractivity contribution in [3.05, 3.63) is 99.3 Å². The summed E-state index contributed by atoms with van der Waals surface area (Å²) in [5, 5.41) is 13.2. The van der Waals surface area contributed by atoms with E-state index in [1.165, 1.54) is 19.1 Å². The molecule has 0 spiro atoms.